The molecule has 0 saturated carbocycles. The zero-order valence-corrected chi connectivity index (χ0v) is 20.6. The molecular weight excluding hydrogens is 464 g/mol. The molecule has 1 aliphatic carbocycles. The van der Waals surface area contributed by atoms with Gasteiger partial charge in [-0.15, -0.1) is 11.3 Å². The monoisotopic (exact) mass is 492 g/mol. The van der Waals surface area contributed by atoms with Gasteiger partial charge in [0.05, 0.1) is 0 Å². The quantitative estimate of drug-likeness (QED) is 0.433. The van der Waals surface area contributed by atoms with Crippen LogP contribution in [0.15, 0.2) is 66.0 Å². The molecule has 1 heterocycles. The number of ether oxygens (including phenoxy) is 1. The SMILES string of the molecule is CC(C)(C)C(NC(=O)C(NC(=O)OCC1c2ccccc2-c2ccccc21)c1cccs1)C(=O)O. The molecule has 182 valence electrons. The first kappa shape index (κ1) is 24.5. The average molecular weight is 493 g/mol. The van der Waals surface area contributed by atoms with Gasteiger partial charge in [0.15, 0.2) is 0 Å². The van der Waals surface area contributed by atoms with Crippen LogP contribution in [-0.2, 0) is 14.3 Å². The van der Waals surface area contributed by atoms with Crippen LogP contribution in [0.2, 0.25) is 0 Å². The summed E-state index contributed by atoms with van der Waals surface area (Å²) in [6.07, 6.45) is -0.747. The second kappa shape index (κ2) is 9.92. The first-order chi connectivity index (χ1) is 16.7. The Hall–Kier alpha value is -3.65. The minimum absolute atomic E-state index is 0.110. The molecule has 0 radical (unpaired) electrons. The molecule has 35 heavy (non-hydrogen) atoms. The highest BCUT2D eigenvalue weighted by atomic mass is 32.1. The van der Waals surface area contributed by atoms with Crippen LogP contribution in [-0.4, -0.2) is 35.7 Å². The lowest BCUT2D eigenvalue weighted by Crippen LogP contribution is -2.52. The molecule has 0 spiro atoms. The fourth-order valence-electron chi connectivity index (χ4n) is 4.35. The summed E-state index contributed by atoms with van der Waals surface area (Å²) in [6.45, 7) is 5.29. The predicted octanol–water partition coefficient (Wildman–Crippen LogP) is 4.94. The summed E-state index contributed by atoms with van der Waals surface area (Å²) < 4.78 is 5.60. The van der Waals surface area contributed by atoms with E-state index in [9.17, 15) is 19.5 Å². The van der Waals surface area contributed by atoms with E-state index in [0.29, 0.717) is 4.88 Å². The van der Waals surface area contributed by atoms with Crippen LogP contribution < -0.4 is 10.6 Å². The van der Waals surface area contributed by atoms with Crippen LogP contribution in [0.1, 0.15) is 48.7 Å². The summed E-state index contributed by atoms with van der Waals surface area (Å²) in [5.41, 5.74) is 3.70. The molecule has 3 aromatic rings. The van der Waals surface area contributed by atoms with E-state index in [1.54, 1.807) is 38.3 Å². The van der Waals surface area contributed by atoms with E-state index in [1.807, 2.05) is 36.4 Å². The Balaban J connectivity index is 1.48. The van der Waals surface area contributed by atoms with Gasteiger partial charge < -0.3 is 20.5 Å². The smallest absolute Gasteiger partial charge is 0.408 e. The lowest BCUT2D eigenvalue weighted by molar-refractivity contribution is -0.145. The third kappa shape index (κ3) is 5.22. The molecule has 2 atom stereocenters. The Bertz CT molecular complexity index is 1190. The lowest BCUT2D eigenvalue weighted by Gasteiger charge is -2.29. The molecule has 1 aliphatic rings. The van der Waals surface area contributed by atoms with Gasteiger partial charge in [-0.1, -0.05) is 75.4 Å². The summed E-state index contributed by atoms with van der Waals surface area (Å²) in [6, 6.07) is 17.3. The second-order valence-electron chi connectivity index (χ2n) is 9.56. The van der Waals surface area contributed by atoms with Crippen LogP contribution in [0, 0.1) is 5.41 Å². The van der Waals surface area contributed by atoms with Crippen molar-refractivity contribution in [2.45, 2.75) is 38.8 Å². The molecule has 4 rings (SSSR count). The average Bonchev–Trinajstić information content (AvgIpc) is 3.45. The van der Waals surface area contributed by atoms with Crippen molar-refractivity contribution in [2.24, 2.45) is 5.41 Å². The summed E-state index contributed by atoms with van der Waals surface area (Å²) in [5, 5.41) is 16.6. The maximum Gasteiger partial charge on any atom is 0.408 e. The zero-order chi connectivity index (χ0) is 25.2. The van der Waals surface area contributed by atoms with E-state index in [-0.39, 0.29) is 12.5 Å². The molecule has 0 saturated heterocycles. The van der Waals surface area contributed by atoms with Gasteiger partial charge in [0, 0.05) is 10.8 Å². The first-order valence-electron chi connectivity index (χ1n) is 11.3. The highest BCUT2D eigenvalue weighted by Gasteiger charge is 2.36. The fraction of sp³-hybridized carbons (Fsp3) is 0.296. The Kier molecular flexibility index (Phi) is 6.93. The maximum atomic E-state index is 13.1. The molecule has 1 aromatic heterocycles. The van der Waals surface area contributed by atoms with Gasteiger partial charge in [0.25, 0.3) is 0 Å². The fourth-order valence-corrected chi connectivity index (χ4v) is 5.13. The summed E-state index contributed by atoms with van der Waals surface area (Å²) in [5.74, 6) is -1.86. The molecule has 2 aromatic carbocycles. The summed E-state index contributed by atoms with van der Waals surface area (Å²) in [4.78, 5) is 38.2. The number of alkyl carbamates (subject to hydrolysis) is 1. The molecule has 7 nitrogen and oxygen atoms in total. The van der Waals surface area contributed by atoms with Gasteiger partial charge in [-0.25, -0.2) is 9.59 Å². The molecule has 8 heteroatoms. The highest BCUT2D eigenvalue weighted by Crippen LogP contribution is 2.44. The van der Waals surface area contributed by atoms with Gasteiger partial charge in [-0.2, -0.15) is 0 Å². The van der Waals surface area contributed by atoms with Crippen molar-refractivity contribution in [3.05, 3.63) is 82.0 Å². The van der Waals surface area contributed by atoms with Crippen LogP contribution in [0.5, 0.6) is 0 Å². The number of carboxylic acids is 1. The van der Waals surface area contributed by atoms with Gasteiger partial charge in [0.2, 0.25) is 5.91 Å². The number of carboxylic acid groups (broad SMARTS) is 1. The Morgan fingerprint density at radius 1 is 0.943 bits per heavy atom. The highest BCUT2D eigenvalue weighted by molar-refractivity contribution is 7.10. The number of hydrogen-bond acceptors (Lipinski definition) is 5. The zero-order valence-electron chi connectivity index (χ0n) is 19.8. The number of aliphatic carboxylic acids is 1. The third-order valence-corrected chi connectivity index (χ3v) is 7.03. The number of benzene rings is 2. The van der Waals surface area contributed by atoms with E-state index < -0.39 is 35.5 Å². The van der Waals surface area contributed by atoms with Crippen molar-refractivity contribution in [1.82, 2.24) is 10.6 Å². The van der Waals surface area contributed by atoms with Crippen molar-refractivity contribution in [1.29, 1.82) is 0 Å². The lowest BCUT2D eigenvalue weighted by atomic mass is 9.86. The molecule has 3 N–H and O–H groups in total. The van der Waals surface area contributed by atoms with Crippen molar-refractivity contribution in [3.8, 4) is 11.1 Å². The van der Waals surface area contributed by atoms with E-state index in [2.05, 4.69) is 22.8 Å². The number of thiophene rings is 1. The van der Waals surface area contributed by atoms with E-state index in [0.717, 1.165) is 22.3 Å². The predicted molar refractivity (Wildman–Crippen MR) is 134 cm³/mol. The van der Waals surface area contributed by atoms with Crippen molar-refractivity contribution in [3.63, 3.8) is 0 Å². The van der Waals surface area contributed by atoms with Gasteiger partial charge in [-0.05, 0) is 39.1 Å². The van der Waals surface area contributed by atoms with Gasteiger partial charge in [-0.3, -0.25) is 4.79 Å². The van der Waals surface area contributed by atoms with Crippen molar-refractivity contribution in [2.75, 3.05) is 6.61 Å². The number of amides is 2. The van der Waals surface area contributed by atoms with Gasteiger partial charge >= 0.3 is 12.1 Å². The molecule has 0 bridgehead atoms. The normalized spacial score (nSPS) is 14.4. The largest absolute Gasteiger partial charge is 0.480 e. The molecule has 0 aliphatic heterocycles. The molecule has 0 fully saturated rings. The van der Waals surface area contributed by atoms with Crippen LogP contribution in [0.25, 0.3) is 11.1 Å². The first-order valence-corrected chi connectivity index (χ1v) is 12.2. The minimum atomic E-state index is -1.14. The van der Waals surface area contributed by atoms with E-state index in [1.165, 1.54) is 11.3 Å². The van der Waals surface area contributed by atoms with Crippen LogP contribution in [0.4, 0.5) is 4.79 Å². The number of hydrogen-bond donors (Lipinski definition) is 3. The Labute approximate surface area is 208 Å². The molecular formula is C27H28N2O5S. The standard InChI is InChI=1S/C27H28N2O5S/c1-27(2,3)23(25(31)32)29-24(30)22(21-13-8-14-35-21)28-26(33)34-15-20-18-11-6-4-9-16(18)17-10-5-7-12-19(17)20/h4-14,20,22-23H,15H2,1-3H3,(H,28,33)(H,29,30)(H,31,32). The third-order valence-electron chi connectivity index (χ3n) is 6.10. The number of rotatable bonds is 7. The van der Waals surface area contributed by atoms with E-state index >= 15 is 0 Å². The van der Waals surface area contributed by atoms with Crippen molar-refractivity contribution >= 4 is 29.3 Å². The molecule has 2 amide bonds. The summed E-state index contributed by atoms with van der Waals surface area (Å²) >= 11 is 1.29. The number of fused-ring (bicyclic) bond motifs is 3. The minimum Gasteiger partial charge on any atom is -0.480 e. The maximum absolute atomic E-state index is 13.1. The summed E-state index contributed by atoms with van der Waals surface area (Å²) in [7, 11) is 0. The second-order valence-corrected chi connectivity index (χ2v) is 10.5. The topological polar surface area (TPSA) is 105 Å². The van der Waals surface area contributed by atoms with Crippen LogP contribution in [0.3, 0.4) is 0 Å². The molecule has 2 unspecified atom stereocenters. The Morgan fingerprint density at radius 3 is 2.06 bits per heavy atom. The number of nitrogens with one attached hydrogen (secondary N) is 2. The van der Waals surface area contributed by atoms with E-state index in [4.69, 9.17) is 4.74 Å². The van der Waals surface area contributed by atoms with Gasteiger partial charge in [0.1, 0.15) is 18.7 Å². The van der Waals surface area contributed by atoms with Crippen LogP contribution >= 0.6 is 11.3 Å². The Morgan fingerprint density at radius 2 is 1.54 bits per heavy atom. The number of carbonyl (C=O) groups excluding carboxylic acids is 2. The van der Waals surface area contributed by atoms with Crippen molar-refractivity contribution < 1.29 is 24.2 Å². The number of carbonyl (C=O) groups is 3.